The lowest BCUT2D eigenvalue weighted by atomic mass is 9.95. The molecule has 0 bridgehead atoms. The average Bonchev–Trinajstić information content (AvgIpc) is 3.13. The van der Waals surface area contributed by atoms with Crippen LogP contribution in [0, 0.1) is 11.3 Å². The minimum Gasteiger partial charge on any atom is -0.380 e. The SMILES string of the molecule is COCc1ccccc1C(=O)C(C#N)c1nc(-c2ccc(Cl)cc2)cs1. The number of benzene rings is 2. The zero-order valence-corrected chi connectivity index (χ0v) is 15.6. The molecule has 0 spiro atoms. The van der Waals surface area contributed by atoms with Gasteiger partial charge in [0.05, 0.1) is 18.4 Å². The Morgan fingerprint density at radius 1 is 1.27 bits per heavy atom. The summed E-state index contributed by atoms with van der Waals surface area (Å²) in [6.45, 7) is 0.313. The Morgan fingerprint density at radius 2 is 2.00 bits per heavy atom. The molecule has 0 aliphatic heterocycles. The first kappa shape index (κ1) is 18.3. The highest BCUT2D eigenvalue weighted by Crippen LogP contribution is 2.30. The molecule has 0 saturated carbocycles. The summed E-state index contributed by atoms with van der Waals surface area (Å²) in [6, 6.07) is 16.5. The zero-order valence-electron chi connectivity index (χ0n) is 14.0. The molecule has 0 N–H and O–H groups in total. The Bertz CT molecular complexity index is 960. The van der Waals surface area contributed by atoms with Crippen molar-refractivity contribution in [1.29, 1.82) is 5.26 Å². The normalized spacial score (nSPS) is 11.7. The molecule has 0 aliphatic carbocycles. The molecule has 0 radical (unpaired) electrons. The number of Topliss-reactive ketones (excluding diaryl/α,β-unsaturated/α-hetero) is 1. The first-order valence-corrected chi connectivity index (χ1v) is 9.12. The number of nitriles is 1. The maximum Gasteiger partial charge on any atom is 0.187 e. The van der Waals surface area contributed by atoms with Gasteiger partial charge in [0.1, 0.15) is 5.01 Å². The Kier molecular flexibility index (Phi) is 5.79. The quantitative estimate of drug-likeness (QED) is 0.556. The molecular weight excluding hydrogens is 368 g/mol. The van der Waals surface area contributed by atoms with Crippen molar-refractivity contribution in [1.82, 2.24) is 4.98 Å². The van der Waals surface area contributed by atoms with E-state index in [4.69, 9.17) is 16.3 Å². The first-order chi connectivity index (χ1) is 12.6. The molecule has 26 heavy (non-hydrogen) atoms. The van der Waals surface area contributed by atoms with Gasteiger partial charge in [-0.1, -0.05) is 48.0 Å². The van der Waals surface area contributed by atoms with Crippen LogP contribution < -0.4 is 0 Å². The van der Waals surface area contributed by atoms with Crippen LogP contribution in [0.15, 0.2) is 53.9 Å². The van der Waals surface area contributed by atoms with Crippen LogP contribution in [0.1, 0.15) is 26.8 Å². The van der Waals surface area contributed by atoms with Crippen molar-refractivity contribution in [3.05, 3.63) is 75.1 Å². The molecule has 0 saturated heterocycles. The van der Waals surface area contributed by atoms with Gasteiger partial charge < -0.3 is 4.74 Å². The summed E-state index contributed by atoms with van der Waals surface area (Å²) >= 11 is 7.22. The number of ether oxygens (including phenoxy) is 1. The molecule has 1 unspecified atom stereocenters. The van der Waals surface area contributed by atoms with Crippen molar-refractivity contribution in [2.45, 2.75) is 12.5 Å². The van der Waals surface area contributed by atoms with Crippen LogP contribution in [0.3, 0.4) is 0 Å². The second-order valence-corrected chi connectivity index (χ2v) is 6.92. The number of methoxy groups -OCH3 is 1. The highest BCUT2D eigenvalue weighted by molar-refractivity contribution is 7.10. The molecule has 1 heterocycles. The number of thiazole rings is 1. The Hall–Kier alpha value is -2.52. The highest BCUT2D eigenvalue weighted by atomic mass is 35.5. The molecule has 0 aliphatic rings. The van der Waals surface area contributed by atoms with Gasteiger partial charge in [-0.25, -0.2) is 4.98 Å². The molecule has 6 heteroatoms. The van der Waals surface area contributed by atoms with Crippen LogP contribution in [0.2, 0.25) is 5.02 Å². The van der Waals surface area contributed by atoms with Crippen molar-refractivity contribution in [2.75, 3.05) is 7.11 Å². The summed E-state index contributed by atoms with van der Waals surface area (Å²) in [7, 11) is 1.57. The molecule has 2 aromatic carbocycles. The molecule has 1 aromatic heterocycles. The van der Waals surface area contributed by atoms with Crippen LogP contribution in [-0.4, -0.2) is 17.9 Å². The second-order valence-electron chi connectivity index (χ2n) is 5.59. The number of ketones is 1. The Labute approximate surface area is 160 Å². The molecular formula is C20H15ClN2O2S. The second kappa shape index (κ2) is 8.24. The fourth-order valence-corrected chi connectivity index (χ4v) is 3.59. The van der Waals surface area contributed by atoms with E-state index in [0.717, 1.165) is 16.8 Å². The third-order valence-electron chi connectivity index (χ3n) is 3.88. The van der Waals surface area contributed by atoms with Crippen molar-refractivity contribution in [3.63, 3.8) is 0 Å². The van der Waals surface area contributed by atoms with Crippen LogP contribution in [-0.2, 0) is 11.3 Å². The fraction of sp³-hybridized carbons (Fsp3) is 0.150. The predicted molar refractivity (Wildman–Crippen MR) is 102 cm³/mol. The number of halogens is 1. The summed E-state index contributed by atoms with van der Waals surface area (Å²) in [6.07, 6.45) is 0. The monoisotopic (exact) mass is 382 g/mol. The molecule has 0 fully saturated rings. The smallest absolute Gasteiger partial charge is 0.187 e. The van der Waals surface area contributed by atoms with Crippen molar-refractivity contribution in [3.8, 4) is 17.3 Å². The lowest BCUT2D eigenvalue weighted by molar-refractivity contribution is 0.0974. The zero-order chi connectivity index (χ0) is 18.5. The van der Waals surface area contributed by atoms with E-state index in [0.29, 0.717) is 22.2 Å². The summed E-state index contributed by atoms with van der Waals surface area (Å²) in [4.78, 5) is 17.4. The summed E-state index contributed by atoms with van der Waals surface area (Å²) in [5, 5.41) is 12.6. The van der Waals surface area contributed by atoms with Crippen LogP contribution in [0.5, 0.6) is 0 Å². The molecule has 130 valence electrons. The topological polar surface area (TPSA) is 63.0 Å². The summed E-state index contributed by atoms with van der Waals surface area (Å²) in [5.41, 5.74) is 2.86. The lowest BCUT2D eigenvalue weighted by Crippen LogP contribution is -2.13. The van der Waals surface area contributed by atoms with Gasteiger partial charge in [-0.2, -0.15) is 5.26 Å². The number of hydrogen-bond donors (Lipinski definition) is 0. The minimum atomic E-state index is -0.945. The van der Waals surface area contributed by atoms with Crippen LogP contribution in [0.4, 0.5) is 0 Å². The maximum atomic E-state index is 12.9. The Morgan fingerprint density at radius 3 is 2.69 bits per heavy atom. The van der Waals surface area contributed by atoms with Gasteiger partial charge in [-0.05, 0) is 17.7 Å². The number of aromatic nitrogens is 1. The van der Waals surface area contributed by atoms with E-state index in [1.807, 2.05) is 29.6 Å². The standard InChI is InChI=1S/C20H15ClN2O2S/c1-25-11-14-4-2-3-5-16(14)19(24)17(10-22)20-23-18(12-26-20)13-6-8-15(21)9-7-13/h2-9,12,17H,11H2,1H3. The number of nitrogens with zero attached hydrogens (tertiary/aromatic N) is 2. The van der Waals surface area contributed by atoms with Gasteiger partial charge in [0.2, 0.25) is 0 Å². The van der Waals surface area contributed by atoms with E-state index in [-0.39, 0.29) is 5.78 Å². The van der Waals surface area contributed by atoms with Crippen molar-refractivity contribution >= 4 is 28.7 Å². The van der Waals surface area contributed by atoms with Gasteiger partial charge in [-0.15, -0.1) is 11.3 Å². The summed E-state index contributed by atoms with van der Waals surface area (Å²) in [5.74, 6) is -1.21. The highest BCUT2D eigenvalue weighted by Gasteiger charge is 2.26. The van der Waals surface area contributed by atoms with Crippen LogP contribution in [0.25, 0.3) is 11.3 Å². The molecule has 0 amide bonds. The van der Waals surface area contributed by atoms with Crippen molar-refractivity contribution in [2.24, 2.45) is 0 Å². The van der Waals surface area contributed by atoms with Crippen molar-refractivity contribution < 1.29 is 9.53 Å². The van der Waals surface area contributed by atoms with E-state index >= 15 is 0 Å². The molecule has 1 atom stereocenters. The van der Waals surface area contributed by atoms with E-state index < -0.39 is 5.92 Å². The predicted octanol–water partition coefficient (Wildman–Crippen LogP) is 5.10. The Balaban J connectivity index is 1.91. The number of carbonyl (C=O) groups is 1. The van der Waals surface area contributed by atoms with Gasteiger partial charge >= 0.3 is 0 Å². The maximum absolute atomic E-state index is 12.9. The van der Waals surface area contributed by atoms with Gasteiger partial charge in [0.25, 0.3) is 0 Å². The lowest BCUT2D eigenvalue weighted by Gasteiger charge is -2.10. The molecule has 3 rings (SSSR count). The van der Waals surface area contributed by atoms with E-state index in [9.17, 15) is 10.1 Å². The number of carbonyl (C=O) groups excluding carboxylic acids is 1. The minimum absolute atomic E-state index is 0.267. The first-order valence-electron chi connectivity index (χ1n) is 7.86. The fourth-order valence-electron chi connectivity index (χ4n) is 2.60. The average molecular weight is 383 g/mol. The molecule has 3 aromatic rings. The van der Waals surface area contributed by atoms with E-state index in [2.05, 4.69) is 11.1 Å². The van der Waals surface area contributed by atoms with Gasteiger partial charge in [0.15, 0.2) is 11.7 Å². The number of rotatable bonds is 6. The van der Waals surface area contributed by atoms with Gasteiger partial charge in [0, 0.05) is 28.6 Å². The summed E-state index contributed by atoms with van der Waals surface area (Å²) < 4.78 is 5.15. The largest absolute Gasteiger partial charge is 0.380 e. The number of hydrogen-bond acceptors (Lipinski definition) is 5. The molecule has 4 nitrogen and oxygen atoms in total. The third kappa shape index (κ3) is 3.83. The van der Waals surface area contributed by atoms with E-state index in [1.165, 1.54) is 11.3 Å². The third-order valence-corrected chi connectivity index (χ3v) is 5.04. The van der Waals surface area contributed by atoms with Gasteiger partial charge in [-0.3, -0.25) is 4.79 Å². The van der Waals surface area contributed by atoms with E-state index in [1.54, 1.807) is 31.4 Å². The van der Waals surface area contributed by atoms with Crippen LogP contribution >= 0.6 is 22.9 Å².